The van der Waals surface area contributed by atoms with Crippen LogP contribution >= 0.6 is 0 Å². The number of aliphatic hydroxyl groups is 3. The second-order valence-corrected chi connectivity index (χ2v) is 12.7. The highest BCUT2D eigenvalue weighted by Crippen LogP contribution is 2.27. The zero-order chi connectivity index (χ0) is 32.3. The standard InChI is InChI=1S/C35H56O7/c1-20(2)31(37)23(5)15-16-29(36)27(9)33(39)28(10)34-30(41-11)14-12-13-21(3)17-24(6)32(38)25(7)18-22(4)19-26(8)35(40)42-34/h12-16,18-20,23-25,27-28,30-34,37-39H,17H2,1-11H3/b14-12-,16-15+,21-13+,22-18+,26-19-. The maximum absolute atomic E-state index is 13.3. The van der Waals surface area contributed by atoms with Crippen LogP contribution in [0.5, 0.6) is 0 Å². The van der Waals surface area contributed by atoms with E-state index in [9.17, 15) is 24.9 Å². The number of cyclic esters (lactones) is 1. The molecule has 1 rings (SSSR count). The van der Waals surface area contributed by atoms with Gasteiger partial charge >= 0.3 is 5.97 Å². The lowest BCUT2D eigenvalue weighted by molar-refractivity contribution is -0.158. The molecule has 10 unspecified atom stereocenters. The summed E-state index contributed by atoms with van der Waals surface area (Å²) in [5, 5.41) is 32.4. The Morgan fingerprint density at radius 3 is 2.26 bits per heavy atom. The molecule has 1 aliphatic rings. The second-order valence-electron chi connectivity index (χ2n) is 12.7. The number of esters is 1. The number of rotatable bonds is 9. The third-order valence-electron chi connectivity index (χ3n) is 8.38. The number of carbonyl (C=O) groups excluding carboxylic acids is 2. The molecular formula is C35H56O7. The lowest BCUT2D eigenvalue weighted by atomic mass is 9.84. The van der Waals surface area contributed by atoms with Crippen molar-refractivity contribution in [2.75, 3.05) is 7.11 Å². The minimum absolute atomic E-state index is 0.0301. The average molecular weight is 589 g/mol. The molecule has 3 N–H and O–H groups in total. The molecule has 0 bridgehead atoms. The van der Waals surface area contributed by atoms with Crippen LogP contribution in [-0.2, 0) is 19.1 Å². The van der Waals surface area contributed by atoms with Crippen molar-refractivity contribution >= 4 is 11.8 Å². The summed E-state index contributed by atoms with van der Waals surface area (Å²) in [5.74, 6) is -2.51. The Morgan fingerprint density at radius 1 is 1.07 bits per heavy atom. The summed E-state index contributed by atoms with van der Waals surface area (Å²) in [7, 11) is 1.51. The number of carbonyl (C=O) groups is 2. The molecule has 7 heteroatoms. The highest BCUT2D eigenvalue weighted by Gasteiger charge is 2.37. The number of hydrogen-bond donors (Lipinski definition) is 3. The first kappa shape index (κ1) is 37.7. The fraction of sp³-hybridized carbons (Fsp3) is 0.657. The van der Waals surface area contributed by atoms with E-state index >= 15 is 0 Å². The van der Waals surface area contributed by atoms with Crippen LogP contribution in [0.1, 0.15) is 75.7 Å². The number of ketones is 1. The van der Waals surface area contributed by atoms with Crippen molar-refractivity contribution in [2.24, 2.45) is 35.5 Å². The summed E-state index contributed by atoms with van der Waals surface area (Å²) in [6, 6.07) is 0. The van der Waals surface area contributed by atoms with Gasteiger partial charge < -0.3 is 24.8 Å². The lowest BCUT2D eigenvalue weighted by Gasteiger charge is -2.33. The monoisotopic (exact) mass is 588 g/mol. The third kappa shape index (κ3) is 11.4. The summed E-state index contributed by atoms with van der Waals surface area (Å²) in [4.78, 5) is 26.3. The number of allylic oxidation sites excluding steroid dienone is 6. The van der Waals surface area contributed by atoms with Crippen LogP contribution in [0.25, 0.3) is 0 Å². The molecule has 1 aliphatic heterocycles. The maximum atomic E-state index is 13.3. The van der Waals surface area contributed by atoms with E-state index in [0.29, 0.717) is 12.0 Å². The van der Waals surface area contributed by atoms with Crippen molar-refractivity contribution in [1.29, 1.82) is 0 Å². The van der Waals surface area contributed by atoms with Crippen LogP contribution in [0.3, 0.4) is 0 Å². The van der Waals surface area contributed by atoms with Gasteiger partial charge in [0.05, 0.1) is 18.3 Å². The fourth-order valence-electron chi connectivity index (χ4n) is 5.46. The Balaban J connectivity index is 3.40. The molecule has 0 spiro atoms. The molecule has 1 heterocycles. The molecule has 0 aromatic carbocycles. The van der Waals surface area contributed by atoms with Gasteiger partial charge in [0.2, 0.25) is 0 Å². The summed E-state index contributed by atoms with van der Waals surface area (Å²) in [5.41, 5.74) is 2.28. The Hall–Kier alpha value is -2.32. The van der Waals surface area contributed by atoms with Crippen LogP contribution < -0.4 is 0 Å². The van der Waals surface area contributed by atoms with Gasteiger partial charge in [0.25, 0.3) is 0 Å². The number of hydrogen-bond acceptors (Lipinski definition) is 7. The largest absolute Gasteiger partial charge is 0.456 e. The van der Waals surface area contributed by atoms with Gasteiger partial charge in [0.15, 0.2) is 5.78 Å². The van der Waals surface area contributed by atoms with Crippen molar-refractivity contribution in [1.82, 2.24) is 0 Å². The van der Waals surface area contributed by atoms with Crippen LogP contribution in [0.2, 0.25) is 0 Å². The van der Waals surface area contributed by atoms with E-state index in [1.165, 1.54) is 13.2 Å². The summed E-state index contributed by atoms with van der Waals surface area (Å²) >= 11 is 0. The molecule has 10 atom stereocenters. The van der Waals surface area contributed by atoms with Gasteiger partial charge in [-0.15, -0.1) is 0 Å². The average Bonchev–Trinajstić information content (AvgIpc) is 2.93. The first-order valence-corrected chi connectivity index (χ1v) is 15.2. The van der Waals surface area contributed by atoms with Crippen molar-refractivity contribution in [2.45, 2.75) is 106 Å². The highest BCUT2D eigenvalue weighted by atomic mass is 16.6. The van der Waals surface area contributed by atoms with Gasteiger partial charge in [0.1, 0.15) is 12.2 Å². The summed E-state index contributed by atoms with van der Waals surface area (Å²) < 4.78 is 11.7. The Morgan fingerprint density at radius 2 is 1.69 bits per heavy atom. The van der Waals surface area contributed by atoms with Crippen LogP contribution in [-0.4, -0.2) is 64.7 Å². The van der Waals surface area contributed by atoms with E-state index in [1.807, 2.05) is 66.7 Å². The Kier molecular flexibility index (Phi) is 15.9. The van der Waals surface area contributed by atoms with Crippen LogP contribution in [0, 0.1) is 35.5 Å². The summed E-state index contributed by atoms with van der Waals surface area (Å²) in [6.07, 6.45) is 9.22. The molecular weight excluding hydrogens is 532 g/mol. The van der Waals surface area contributed by atoms with Gasteiger partial charge in [-0.1, -0.05) is 90.0 Å². The Bertz CT molecular complexity index is 1030. The van der Waals surface area contributed by atoms with Crippen molar-refractivity contribution in [3.8, 4) is 0 Å². The second kappa shape index (κ2) is 17.7. The number of ether oxygens (including phenoxy) is 2. The van der Waals surface area contributed by atoms with Gasteiger partial charge in [0, 0.05) is 36.4 Å². The molecule has 7 nitrogen and oxygen atoms in total. The first-order valence-electron chi connectivity index (χ1n) is 15.2. The van der Waals surface area contributed by atoms with Crippen molar-refractivity contribution in [3.63, 3.8) is 0 Å². The van der Waals surface area contributed by atoms with Gasteiger partial charge in [-0.25, -0.2) is 4.79 Å². The van der Waals surface area contributed by atoms with Gasteiger partial charge in [-0.05, 0) is 51.2 Å². The molecule has 42 heavy (non-hydrogen) atoms. The van der Waals surface area contributed by atoms with Crippen molar-refractivity contribution in [3.05, 3.63) is 59.3 Å². The predicted molar refractivity (Wildman–Crippen MR) is 169 cm³/mol. The quantitative estimate of drug-likeness (QED) is 0.232. The molecule has 0 aromatic rings. The smallest absolute Gasteiger partial charge is 0.334 e. The van der Waals surface area contributed by atoms with E-state index in [-0.39, 0.29) is 29.5 Å². The van der Waals surface area contributed by atoms with Crippen molar-refractivity contribution < 1.29 is 34.4 Å². The van der Waals surface area contributed by atoms with E-state index in [1.54, 1.807) is 39.0 Å². The molecule has 0 saturated carbocycles. The van der Waals surface area contributed by atoms with E-state index in [0.717, 1.165) is 11.1 Å². The fourth-order valence-corrected chi connectivity index (χ4v) is 5.46. The van der Waals surface area contributed by atoms with Gasteiger partial charge in [-0.3, -0.25) is 4.79 Å². The normalized spacial score (nSPS) is 33.3. The maximum Gasteiger partial charge on any atom is 0.334 e. The topological polar surface area (TPSA) is 113 Å². The van der Waals surface area contributed by atoms with E-state index < -0.39 is 48.3 Å². The lowest BCUT2D eigenvalue weighted by Crippen LogP contribution is -2.45. The summed E-state index contributed by atoms with van der Waals surface area (Å²) in [6.45, 7) is 18.6. The van der Waals surface area contributed by atoms with Crippen LogP contribution in [0.15, 0.2) is 59.3 Å². The molecule has 0 fully saturated rings. The highest BCUT2D eigenvalue weighted by molar-refractivity contribution is 5.92. The van der Waals surface area contributed by atoms with E-state index in [2.05, 4.69) is 0 Å². The van der Waals surface area contributed by atoms with Gasteiger partial charge in [-0.2, -0.15) is 0 Å². The zero-order valence-corrected chi connectivity index (χ0v) is 27.6. The first-order chi connectivity index (χ1) is 19.5. The molecule has 0 aliphatic carbocycles. The predicted octanol–water partition coefficient (Wildman–Crippen LogP) is 5.76. The third-order valence-corrected chi connectivity index (χ3v) is 8.38. The Labute approximate surface area is 254 Å². The minimum Gasteiger partial charge on any atom is -0.456 e. The minimum atomic E-state index is -1.13. The van der Waals surface area contributed by atoms with Crippen LogP contribution in [0.4, 0.5) is 0 Å². The zero-order valence-electron chi connectivity index (χ0n) is 27.6. The molecule has 0 saturated heterocycles. The molecule has 0 radical (unpaired) electrons. The molecule has 238 valence electrons. The number of aliphatic hydroxyl groups excluding tert-OH is 3. The van der Waals surface area contributed by atoms with E-state index in [4.69, 9.17) is 9.47 Å². The SMILES string of the molecule is COC1/C=C\C=C(/C)CC(C)C(O)C(C)/C=C(C)/C=C(/C)C(=O)OC1C(C)C(O)C(C)C(=O)/C=C/C(C)C(O)C(C)C. The molecule has 0 aromatic heterocycles. The number of methoxy groups -OCH3 is 1. The molecule has 0 amide bonds.